The van der Waals surface area contributed by atoms with Crippen LogP contribution in [0, 0.1) is 0 Å². The van der Waals surface area contributed by atoms with Crippen LogP contribution in [-0.2, 0) is 10.1 Å². The van der Waals surface area contributed by atoms with Gasteiger partial charge in [-0.15, -0.1) is 0 Å². The molecule has 6 heteroatoms. The van der Waals surface area contributed by atoms with E-state index in [4.69, 9.17) is 4.74 Å². The van der Waals surface area contributed by atoms with Crippen LogP contribution in [0.1, 0.15) is 20.3 Å². The SMILES string of the molecule is CCC(C)Oc1ccc2cc(S(=O)(=O)[O-])ccc2c1.[Na+]. The molecule has 0 heterocycles. The maximum Gasteiger partial charge on any atom is 1.00 e. The van der Waals surface area contributed by atoms with E-state index in [1.807, 2.05) is 19.9 Å². The van der Waals surface area contributed by atoms with E-state index in [9.17, 15) is 13.0 Å². The quantitative estimate of drug-likeness (QED) is 0.585. The number of hydrogen-bond donors (Lipinski definition) is 0. The summed E-state index contributed by atoms with van der Waals surface area (Å²) in [7, 11) is -4.41. The molecule has 0 saturated carbocycles. The molecular formula is C14H15NaO4S. The Labute approximate surface area is 141 Å². The average molecular weight is 302 g/mol. The second-order valence-corrected chi connectivity index (χ2v) is 5.84. The van der Waals surface area contributed by atoms with Gasteiger partial charge in [0.2, 0.25) is 0 Å². The smallest absolute Gasteiger partial charge is 0.744 e. The van der Waals surface area contributed by atoms with Crippen LogP contribution in [0.2, 0.25) is 0 Å². The molecule has 0 bridgehead atoms. The average Bonchev–Trinajstić information content (AvgIpc) is 2.36. The first-order chi connectivity index (χ1) is 8.90. The minimum absolute atomic E-state index is 0. The summed E-state index contributed by atoms with van der Waals surface area (Å²) in [4.78, 5) is -0.212. The molecule has 0 N–H and O–H groups in total. The first-order valence-electron chi connectivity index (χ1n) is 6.06. The molecule has 0 aliphatic rings. The Hall–Kier alpha value is -0.590. The van der Waals surface area contributed by atoms with Gasteiger partial charge in [-0.25, -0.2) is 8.42 Å². The van der Waals surface area contributed by atoms with Crippen molar-refractivity contribution in [2.24, 2.45) is 0 Å². The molecule has 1 unspecified atom stereocenters. The summed E-state index contributed by atoms with van der Waals surface area (Å²) in [5.74, 6) is 0.736. The van der Waals surface area contributed by atoms with Crippen molar-refractivity contribution in [2.45, 2.75) is 31.3 Å². The molecule has 2 rings (SSSR count). The van der Waals surface area contributed by atoms with Crippen molar-refractivity contribution in [2.75, 3.05) is 0 Å². The molecule has 102 valence electrons. The molecule has 0 radical (unpaired) electrons. The third-order valence-electron chi connectivity index (χ3n) is 2.98. The standard InChI is InChI=1S/C14H16O4S.Na/c1-3-10(2)18-13-6-4-12-9-14(19(15,16)17)7-5-11(12)8-13;/h4-10H,3H2,1-2H3,(H,15,16,17);/q;+1/p-1. The van der Waals surface area contributed by atoms with Gasteiger partial charge in [0, 0.05) is 0 Å². The van der Waals surface area contributed by atoms with Gasteiger partial charge in [0.15, 0.2) is 0 Å². The van der Waals surface area contributed by atoms with Crippen LogP contribution < -0.4 is 34.3 Å². The molecule has 0 aliphatic heterocycles. The molecule has 2 aromatic carbocycles. The van der Waals surface area contributed by atoms with Gasteiger partial charge in [-0.1, -0.05) is 19.1 Å². The number of ether oxygens (including phenoxy) is 1. The van der Waals surface area contributed by atoms with Crippen molar-refractivity contribution >= 4 is 20.9 Å². The second kappa shape index (κ2) is 6.91. The minimum atomic E-state index is -4.41. The third kappa shape index (κ3) is 4.20. The molecule has 4 nitrogen and oxygen atoms in total. The van der Waals surface area contributed by atoms with Gasteiger partial charge in [-0.3, -0.25) is 0 Å². The van der Waals surface area contributed by atoms with E-state index in [-0.39, 0.29) is 40.6 Å². The molecule has 0 saturated heterocycles. The second-order valence-electron chi connectivity index (χ2n) is 4.46. The van der Waals surface area contributed by atoms with Crippen LogP contribution in [0.15, 0.2) is 41.3 Å². The van der Waals surface area contributed by atoms with E-state index >= 15 is 0 Å². The first-order valence-corrected chi connectivity index (χ1v) is 7.47. The Bertz CT molecular complexity index is 697. The summed E-state index contributed by atoms with van der Waals surface area (Å²) < 4.78 is 38.5. The fourth-order valence-electron chi connectivity index (χ4n) is 1.75. The van der Waals surface area contributed by atoms with E-state index < -0.39 is 10.1 Å². The molecule has 0 aromatic heterocycles. The fourth-order valence-corrected chi connectivity index (χ4v) is 2.25. The maximum absolute atomic E-state index is 10.9. The third-order valence-corrected chi connectivity index (χ3v) is 3.82. The van der Waals surface area contributed by atoms with Gasteiger partial charge in [-0.05, 0) is 48.4 Å². The summed E-state index contributed by atoms with van der Waals surface area (Å²) in [6.45, 7) is 4.02. The van der Waals surface area contributed by atoms with Gasteiger partial charge >= 0.3 is 29.6 Å². The van der Waals surface area contributed by atoms with Crippen molar-refractivity contribution < 1.29 is 47.3 Å². The minimum Gasteiger partial charge on any atom is -0.744 e. The largest absolute Gasteiger partial charge is 1.00 e. The molecule has 20 heavy (non-hydrogen) atoms. The molecular weight excluding hydrogens is 287 g/mol. The Kier molecular flexibility index (Phi) is 6.04. The van der Waals surface area contributed by atoms with Gasteiger partial charge in [0.1, 0.15) is 15.9 Å². The zero-order valence-electron chi connectivity index (χ0n) is 11.8. The van der Waals surface area contributed by atoms with Crippen molar-refractivity contribution in [3.63, 3.8) is 0 Å². The molecule has 0 aliphatic carbocycles. The van der Waals surface area contributed by atoms with Crippen LogP contribution in [-0.4, -0.2) is 19.1 Å². The molecule has 0 amide bonds. The Morgan fingerprint density at radius 3 is 2.35 bits per heavy atom. The molecule has 1 atom stereocenters. The Balaban J connectivity index is 0.00000200. The number of fused-ring (bicyclic) bond motifs is 1. The van der Waals surface area contributed by atoms with E-state index in [0.717, 1.165) is 17.6 Å². The van der Waals surface area contributed by atoms with Crippen LogP contribution in [0.4, 0.5) is 0 Å². The van der Waals surface area contributed by atoms with E-state index in [1.165, 1.54) is 12.1 Å². The molecule has 2 aromatic rings. The van der Waals surface area contributed by atoms with Crippen LogP contribution >= 0.6 is 0 Å². The predicted octanol–water partition coefficient (Wildman–Crippen LogP) is -0.0748. The fraction of sp³-hybridized carbons (Fsp3) is 0.286. The Morgan fingerprint density at radius 1 is 1.15 bits per heavy atom. The van der Waals surface area contributed by atoms with Crippen molar-refractivity contribution in [1.29, 1.82) is 0 Å². The number of rotatable bonds is 4. The van der Waals surface area contributed by atoms with Crippen LogP contribution in [0.25, 0.3) is 10.8 Å². The Morgan fingerprint density at radius 2 is 1.75 bits per heavy atom. The number of hydrogen-bond acceptors (Lipinski definition) is 4. The summed E-state index contributed by atoms with van der Waals surface area (Å²) in [5, 5.41) is 1.54. The van der Waals surface area contributed by atoms with Crippen LogP contribution in [0.5, 0.6) is 5.75 Å². The monoisotopic (exact) mass is 302 g/mol. The van der Waals surface area contributed by atoms with Gasteiger partial charge < -0.3 is 9.29 Å². The first kappa shape index (κ1) is 17.5. The van der Waals surface area contributed by atoms with E-state index in [1.54, 1.807) is 18.2 Å². The molecule has 0 spiro atoms. The van der Waals surface area contributed by atoms with Crippen molar-refractivity contribution in [3.8, 4) is 5.75 Å². The summed E-state index contributed by atoms with van der Waals surface area (Å²) in [6, 6.07) is 9.67. The van der Waals surface area contributed by atoms with Crippen molar-refractivity contribution in [1.82, 2.24) is 0 Å². The number of benzene rings is 2. The van der Waals surface area contributed by atoms with Crippen LogP contribution in [0.3, 0.4) is 0 Å². The summed E-state index contributed by atoms with van der Waals surface area (Å²) in [6.07, 6.45) is 1.03. The normalized spacial score (nSPS) is 12.8. The molecule has 0 fully saturated rings. The van der Waals surface area contributed by atoms with Gasteiger partial charge in [0.05, 0.1) is 11.0 Å². The zero-order chi connectivity index (χ0) is 14.0. The maximum atomic E-state index is 10.9. The van der Waals surface area contributed by atoms with Gasteiger partial charge in [0.25, 0.3) is 0 Å². The van der Waals surface area contributed by atoms with Crippen molar-refractivity contribution in [3.05, 3.63) is 36.4 Å². The summed E-state index contributed by atoms with van der Waals surface area (Å²) in [5.41, 5.74) is 0. The predicted molar refractivity (Wildman–Crippen MR) is 72.3 cm³/mol. The zero-order valence-corrected chi connectivity index (χ0v) is 14.6. The van der Waals surface area contributed by atoms with E-state index in [0.29, 0.717) is 5.39 Å². The summed E-state index contributed by atoms with van der Waals surface area (Å²) >= 11 is 0. The van der Waals surface area contributed by atoms with Gasteiger partial charge in [-0.2, -0.15) is 0 Å². The topological polar surface area (TPSA) is 66.4 Å². The van der Waals surface area contributed by atoms with E-state index in [2.05, 4.69) is 0 Å².